The lowest BCUT2D eigenvalue weighted by molar-refractivity contribution is -0.385. The van der Waals surface area contributed by atoms with Crippen molar-refractivity contribution >= 4 is 28.9 Å². The molecule has 1 unspecified atom stereocenters. The van der Waals surface area contributed by atoms with Gasteiger partial charge < -0.3 is 10.6 Å². The van der Waals surface area contributed by atoms with Gasteiger partial charge in [-0.3, -0.25) is 29.1 Å². The molecule has 0 aliphatic carbocycles. The molecule has 11 heteroatoms. The Balaban J connectivity index is 1.71. The van der Waals surface area contributed by atoms with Gasteiger partial charge in [-0.15, -0.1) is 0 Å². The number of nitrogens with zero attached hydrogens (tertiary/aromatic N) is 5. The normalized spacial score (nSPS) is 11.7. The van der Waals surface area contributed by atoms with Gasteiger partial charge in [0.05, 0.1) is 4.92 Å². The Morgan fingerprint density at radius 2 is 1.90 bits per heavy atom. The lowest BCUT2D eigenvalue weighted by Crippen LogP contribution is -2.25. The number of carbonyl (C=O) groups excluding carboxylic acids is 2. The van der Waals surface area contributed by atoms with Gasteiger partial charge in [0.1, 0.15) is 23.6 Å². The van der Waals surface area contributed by atoms with Gasteiger partial charge in [-0.1, -0.05) is 6.07 Å². The summed E-state index contributed by atoms with van der Waals surface area (Å²) >= 11 is 0. The number of nitrogens with one attached hydrogen (secondary N) is 2. The number of aryl methyl sites for hydroxylation is 1. The largest absolute Gasteiger partial charge is 0.324 e. The Bertz CT molecular complexity index is 1100. The first-order valence-electron chi connectivity index (χ1n) is 9.24. The third kappa shape index (κ3) is 4.19. The number of nitro groups is 1. The van der Waals surface area contributed by atoms with E-state index in [0.29, 0.717) is 23.6 Å². The van der Waals surface area contributed by atoms with E-state index >= 15 is 0 Å². The average molecular weight is 411 g/mol. The highest BCUT2D eigenvalue weighted by molar-refractivity contribution is 6.03. The number of rotatable bonds is 7. The monoisotopic (exact) mass is 411 g/mol. The minimum atomic E-state index is -0.768. The Hall–Kier alpha value is -4.02. The first-order valence-corrected chi connectivity index (χ1v) is 9.24. The summed E-state index contributed by atoms with van der Waals surface area (Å²) in [6.07, 6.45) is 2.67. The number of anilines is 2. The summed E-state index contributed by atoms with van der Waals surface area (Å²) in [7, 11) is 0. The van der Waals surface area contributed by atoms with Crippen molar-refractivity contribution in [1.82, 2.24) is 19.6 Å². The summed E-state index contributed by atoms with van der Waals surface area (Å²) in [5.74, 6) is -0.714. The molecule has 3 rings (SSSR count). The summed E-state index contributed by atoms with van der Waals surface area (Å²) in [5.41, 5.74) is 1.53. The van der Waals surface area contributed by atoms with Crippen LogP contribution in [0.4, 0.5) is 17.1 Å². The van der Waals surface area contributed by atoms with Crippen LogP contribution in [-0.2, 0) is 11.3 Å². The number of benzene rings is 1. The average Bonchev–Trinajstić information content (AvgIpc) is 3.34. The van der Waals surface area contributed by atoms with Gasteiger partial charge in [0.2, 0.25) is 5.91 Å². The fraction of sp³-hybridized carbons (Fsp3) is 0.263. The van der Waals surface area contributed by atoms with Crippen LogP contribution in [0.15, 0.2) is 42.7 Å². The molecule has 2 aromatic heterocycles. The van der Waals surface area contributed by atoms with Crippen LogP contribution in [0.1, 0.15) is 36.1 Å². The molecular weight excluding hydrogens is 390 g/mol. The van der Waals surface area contributed by atoms with E-state index in [-0.39, 0.29) is 17.3 Å². The first-order chi connectivity index (χ1) is 14.3. The van der Waals surface area contributed by atoms with Crippen molar-refractivity contribution in [2.75, 3.05) is 10.6 Å². The van der Waals surface area contributed by atoms with Crippen LogP contribution in [0.3, 0.4) is 0 Å². The number of hydrogen-bond acceptors (Lipinski definition) is 6. The van der Waals surface area contributed by atoms with E-state index in [1.165, 1.54) is 11.6 Å². The van der Waals surface area contributed by atoms with Crippen LogP contribution in [0.25, 0.3) is 0 Å². The molecule has 11 nitrogen and oxygen atoms in total. The minimum absolute atomic E-state index is 0.148. The Kier molecular flexibility index (Phi) is 5.90. The first kappa shape index (κ1) is 20.7. The minimum Gasteiger partial charge on any atom is -0.324 e. The van der Waals surface area contributed by atoms with Gasteiger partial charge >= 0.3 is 5.69 Å². The van der Waals surface area contributed by atoms with E-state index in [9.17, 15) is 19.7 Å². The van der Waals surface area contributed by atoms with Gasteiger partial charge in [-0.25, -0.2) is 0 Å². The van der Waals surface area contributed by atoms with E-state index in [0.717, 1.165) is 6.20 Å². The van der Waals surface area contributed by atoms with E-state index in [1.54, 1.807) is 48.1 Å². The molecule has 0 radical (unpaired) electrons. The third-order valence-electron chi connectivity index (χ3n) is 4.60. The van der Waals surface area contributed by atoms with Crippen molar-refractivity contribution in [3.63, 3.8) is 0 Å². The number of amides is 2. The molecule has 2 heterocycles. The van der Waals surface area contributed by atoms with Gasteiger partial charge in [0.25, 0.3) is 5.91 Å². The molecule has 30 heavy (non-hydrogen) atoms. The van der Waals surface area contributed by atoms with Crippen LogP contribution < -0.4 is 10.6 Å². The maximum Gasteiger partial charge on any atom is 0.309 e. The van der Waals surface area contributed by atoms with E-state index in [2.05, 4.69) is 20.8 Å². The predicted octanol–water partition coefficient (Wildman–Crippen LogP) is 2.77. The van der Waals surface area contributed by atoms with Crippen LogP contribution in [0, 0.1) is 17.0 Å². The van der Waals surface area contributed by atoms with Gasteiger partial charge in [-0.2, -0.15) is 10.2 Å². The molecule has 156 valence electrons. The summed E-state index contributed by atoms with van der Waals surface area (Å²) in [6.45, 7) is 5.58. The zero-order chi connectivity index (χ0) is 21.8. The summed E-state index contributed by atoms with van der Waals surface area (Å²) in [6, 6.07) is 7.54. The molecule has 0 saturated carbocycles. The van der Waals surface area contributed by atoms with Crippen molar-refractivity contribution in [2.45, 2.75) is 33.4 Å². The molecule has 2 amide bonds. The lowest BCUT2D eigenvalue weighted by Gasteiger charge is -2.15. The fourth-order valence-corrected chi connectivity index (χ4v) is 2.99. The maximum atomic E-state index is 12.6. The molecule has 0 saturated heterocycles. The molecule has 1 atom stereocenters. The molecule has 1 aromatic carbocycles. The third-order valence-corrected chi connectivity index (χ3v) is 4.60. The van der Waals surface area contributed by atoms with Gasteiger partial charge in [-0.05, 0) is 45.0 Å². The quantitative estimate of drug-likeness (QED) is 0.453. The highest BCUT2D eigenvalue weighted by Crippen LogP contribution is 2.22. The second-order valence-corrected chi connectivity index (χ2v) is 6.55. The van der Waals surface area contributed by atoms with Crippen molar-refractivity contribution in [2.24, 2.45) is 0 Å². The second-order valence-electron chi connectivity index (χ2n) is 6.55. The summed E-state index contributed by atoms with van der Waals surface area (Å²) in [5, 5.41) is 24.5. The smallest absolute Gasteiger partial charge is 0.309 e. The van der Waals surface area contributed by atoms with Crippen LogP contribution in [0.5, 0.6) is 0 Å². The van der Waals surface area contributed by atoms with E-state index < -0.39 is 16.9 Å². The second kappa shape index (κ2) is 8.55. The van der Waals surface area contributed by atoms with Crippen LogP contribution >= 0.6 is 0 Å². The van der Waals surface area contributed by atoms with Crippen molar-refractivity contribution < 1.29 is 14.5 Å². The molecule has 0 bridgehead atoms. The van der Waals surface area contributed by atoms with Crippen molar-refractivity contribution in [1.29, 1.82) is 0 Å². The molecule has 0 aliphatic rings. The van der Waals surface area contributed by atoms with Crippen molar-refractivity contribution in [3.05, 3.63) is 64.2 Å². The van der Waals surface area contributed by atoms with Crippen molar-refractivity contribution in [3.8, 4) is 0 Å². The maximum absolute atomic E-state index is 12.6. The summed E-state index contributed by atoms with van der Waals surface area (Å²) < 4.78 is 2.87. The molecule has 3 aromatic rings. The number of aromatic nitrogens is 4. The Labute approximate surface area is 171 Å². The van der Waals surface area contributed by atoms with E-state index in [1.807, 2.05) is 6.92 Å². The molecular formula is C19H21N7O4. The molecule has 2 N–H and O–H groups in total. The zero-order valence-corrected chi connectivity index (χ0v) is 16.7. The predicted molar refractivity (Wildman–Crippen MR) is 109 cm³/mol. The van der Waals surface area contributed by atoms with Gasteiger partial charge in [0.15, 0.2) is 0 Å². The zero-order valence-electron chi connectivity index (χ0n) is 16.7. The summed E-state index contributed by atoms with van der Waals surface area (Å²) in [4.78, 5) is 35.5. The van der Waals surface area contributed by atoms with Crippen LogP contribution in [0.2, 0.25) is 0 Å². The fourth-order valence-electron chi connectivity index (χ4n) is 2.99. The highest BCUT2D eigenvalue weighted by Gasteiger charge is 2.24. The Morgan fingerprint density at radius 1 is 1.20 bits per heavy atom. The number of carbonyl (C=O) groups is 2. The molecule has 0 aliphatic heterocycles. The molecule has 0 fully saturated rings. The standard InChI is InChI=1S/C19H21N7O4/c1-4-24-16(8-9-20-24)19(28)23-15-7-5-6-14(10-15)22-18(27)13(3)25-12(2)17(11-21-25)26(29)30/h5-11,13H,4H2,1-3H3,(H,22,27)(H,23,28). The lowest BCUT2D eigenvalue weighted by atomic mass is 10.2. The van der Waals surface area contributed by atoms with Gasteiger partial charge in [0, 0.05) is 24.1 Å². The molecule has 0 spiro atoms. The van der Waals surface area contributed by atoms with E-state index in [4.69, 9.17) is 0 Å². The van der Waals surface area contributed by atoms with Crippen LogP contribution in [-0.4, -0.2) is 36.3 Å². The SMILES string of the molecule is CCn1nccc1C(=O)Nc1cccc(NC(=O)C(C)n2ncc([N+](=O)[O-])c2C)c1. The highest BCUT2D eigenvalue weighted by atomic mass is 16.6. The topological polar surface area (TPSA) is 137 Å². The number of hydrogen-bond donors (Lipinski definition) is 2. The Morgan fingerprint density at radius 3 is 2.53 bits per heavy atom.